The van der Waals surface area contributed by atoms with Crippen molar-refractivity contribution in [2.24, 2.45) is 5.92 Å². The molecule has 0 aromatic heterocycles. The first-order valence-corrected chi connectivity index (χ1v) is 11.7. The van der Waals surface area contributed by atoms with Crippen LogP contribution < -0.4 is 10.6 Å². The van der Waals surface area contributed by atoms with Gasteiger partial charge >= 0.3 is 12.1 Å². The van der Waals surface area contributed by atoms with Gasteiger partial charge in [-0.1, -0.05) is 61.9 Å². The SMILES string of the molecule is CCCC(NC(=O)C1OCCC1CNC(=O)OCC1c2ccccc2-c2ccccc21)C(=O)O. The van der Waals surface area contributed by atoms with E-state index < -0.39 is 30.1 Å². The summed E-state index contributed by atoms with van der Waals surface area (Å²) in [7, 11) is 0. The molecule has 8 heteroatoms. The average molecular weight is 467 g/mol. The minimum absolute atomic E-state index is 0.0296. The number of rotatable bonds is 9. The fourth-order valence-electron chi connectivity index (χ4n) is 4.80. The second-order valence-corrected chi connectivity index (χ2v) is 8.73. The lowest BCUT2D eigenvalue weighted by Crippen LogP contribution is -2.48. The van der Waals surface area contributed by atoms with Crippen LogP contribution >= 0.6 is 0 Å². The van der Waals surface area contributed by atoms with Gasteiger partial charge in [-0.3, -0.25) is 4.79 Å². The van der Waals surface area contributed by atoms with Crippen molar-refractivity contribution in [3.63, 3.8) is 0 Å². The van der Waals surface area contributed by atoms with Crippen LogP contribution in [0.1, 0.15) is 43.2 Å². The Balaban J connectivity index is 1.30. The summed E-state index contributed by atoms with van der Waals surface area (Å²) in [5.74, 6) is -1.81. The monoisotopic (exact) mass is 466 g/mol. The number of carboxylic acids is 1. The Morgan fingerprint density at radius 2 is 1.74 bits per heavy atom. The van der Waals surface area contributed by atoms with Crippen molar-refractivity contribution >= 4 is 18.0 Å². The molecule has 1 aliphatic heterocycles. The fourth-order valence-corrected chi connectivity index (χ4v) is 4.80. The lowest BCUT2D eigenvalue weighted by Gasteiger charge is -2.21. The summed E-state index contributed by atoms with van der Waals surface area (Å²) >= 11 is 0. The molecule has 34 heavy (non-hydrogen) atoms. The number of hydrogen-bond acceptors (Lipinski definition) is 5. The second kappa shape index (κ2) is 10.7. The Morgan fingerprint density at radius 3 is 2.35 bits per heavy atom. The van der Waals surface area contributed by atoms with E-state index in [1.807, 2.05) is 31.2 Å². The van der Waals surface area contributed by atoms with Gasteiger partial charge in [0.2, 0.25) is 5.91 Å². The Labute approximate surface area is 198 Å². The smallest absolute Gasteiger partial charge is 0.407 e. The molecule has 0 radical (unpaired) electrons. The van der Waals surface area contributed by atoms with E-state index in [0.717, 1.165) is 22.3 Å². The van der Waals surface area contributed by atoms with Gasteiger partial charge in [-0.15, -0.1) is 0 Å². The quantitative estimate of drug-likeness (QED) is 0.523. The van der Waals surface area contributed by atoms with Gasteiger partial charge in [0, 0.05) is 25.0 Å². The molecule has 180 valence electrons. The molecule has 2 aromatic carbocycles. The normalized spacial score (nSPS) is 19.7. The molecule has 4 rings (SSSR count). The number of fused-ring (bicyclic) bond motifs is 3. The van der Waals surface area contributed by atoms with Crippen molar-refractivity contribution in [2.75, 3.05) is 19.8 Å². The maximum atomic E-state index is 12.6. The van der Waals surface area contributed by atoms with E-state index in [9.17, 15) is 19.5 Å². The van der Waals surface area contributed by atoms with Crippen molar-refractivity contribution < 1.29 is 29.0 Å². The minimum atomic E-state index is -1.07. The summed E-state index contributed by atoms with van der Waals surface area (Å²) in [4.78, 5) is 36.4. The number of amides is 2. The van der Waals surface area contributed by atoms with Crippen molar-refractivity contribution in [1.29, 1.82) is 0 Å². The van der Waals surface area contributed by atoms with Gasteiger partial charge in [-0.2, -0.15) is 0 Å². The van der Waals surface area contributed by atoms with E-state index in [1.54, 1.807) is 0 Å². The van der Waals surface area contributed by atoms with E-state index >= 15 is 0 Å². The topological polar surface area (TPSA) is 114 Å². The molecule has 3 unspecified atom stereocenters. The maximum absolute atomic E-state index is 12.6. The van der Waals surface area contributed by atoms with E-state index in [1.165, 1.54) is 0 Å². The van der Waals surface area contributed by atoms with Crippen molar-refractivity contribution in [3.8, 4) is 11.1 Å². The van der Waals surface area contributed by atoms with E-state index in [4.69, 9.17) is 9.47 Å². The van der Waals surface area contributed by atoms with Crippen LogP contribution in [-0.4, -0.2) is 55.0 Å². The molecule has 3 atom stereocenters. The number of nitrogens with one attached hydrogen (secondary N) is 2. The van der Waals surface area contributed by atoms with Crippen molar-refractivity contribution in [1.82, 2.24) is 10.6 Å². The molecule has 1 fully saturated rings. The first-order chi connectivity index (χ1) is 16.5. The van der Waals surface area contributed by atoms with Crippen LogP contribution in [0.2, 0.25) is 0 Å². The van der Waals surface area contributed by atoms with Crippen LogP contribution in [0, 0.1) is 5.92 Å². The highest BCUT2D eigenvalue weighted by atomic mass is 16.5. The Bertz CT molecular complexity index is 1010. The van der Waals surface area contributed by atoms with Crippen LogP contribution in [-0.2, 0) is 19.1 Å². The summed E-state index contributed by atoms with van der Waals surface area (Å²) in [6.07, 6.45) is 0.217. The van der Waals surface area contributed by atoms with Crippen molar-refractivity contribution in [2.45, 2.75) is 44.2 Å². The molecular weight excluding hydrogens is 436 g/mol. The average Bonchev–Trinajstić information content (AvgIpc) is 3.44. The van der Waals surface area contributed by atoms with Crippen LogP contribution in [0.4, 0.5) is 4.79 Å². The molecule has 1 aliphatic carbocycles. The van der Waals surface area contributed by atoms with E-state index in [-0.39, 0.29) is 25.0 Å². The number of alkyl carbamates (subject to hydrolysis) is 1. The third-order valence-corrected chi connectivity index (χ3v) is 6.52. The Morgan fingerprint density at radius 1 is 1.09 bits per heavy atom. The summed E-state index contributed by atoms with van der Waals surface area (Å²) in [6, 6.07) is 15.3. The lowest BCUT2D eigenvalue weighted by atomic mass is 9.98. The molecule has 0 saturated carbocycles. The van der Waals surface area contributed by atoms with Gasteiger partial charge in [0.15, 0.2) is 0 Å². The predicted molar refractivity (Wildman–Crippen MR) is 125 cm³/mol. The number of carbonyl (C=O) groups is 3. The highest BCUT2D eigenvalue weighted by molar-refractivity contribution is 5.86. The standard InChI is InChI=1S/C26H30N2O6/c1-2-7-22(25(30)31)28-24(29)23-16(12-13-33-23)14-27-26(32)34-15-21-19-10-5-3-8-17(19)18-9-4-6-11-20(18)21/h3-6,8-11,16,21-23H,2,7,12-15H2,1H3,(H,27,32)(H,28,29)(H,30,31). The van der Waals surface area contributed by atoms with E-state index in [0.29, 0.717) is 25.9 Å². The summed E-state index contributed by atoms with van der Waals surface area (Å²) in [6.45, 7) is 2.65. The molecule has 1 heterocycles. The molecular formula is C26H30N2O6. The van der Waals surface area contributed by atoms with Crippen LogP contribution in [0.25, 0.3) is 11.1 Å². The zero-order chi connectivity index (χ0) is 24.1. The molecule has 1 saturated heterocycles. The summed E-state index contributed by atoms with van der Waals surface area (Å²) < 4.78 is 11.1. The first kappa shape index (κ1) is 23.8. The number of ether oxygens (including phenoxy) is 2. The Kier molecular flexibility index (Phi) is 7.47. The molecule has 0 bridgehead atoms. The third kappa shape index (κ3) is 5.07. The molecule has 2 aromatic rings. The number of carboxylic acid groups (broad SMARTS) is 1. The third-order valence-electron chi connectivity index (χ3n) is 6.52. The van der Waals surface area contributed by atoms with Gasteiger partial charge in [-0.25, -0.2) is 9.59 Å². The molecule has 8 nitrogen and oxygen atoms in total. The van der Waals surface area contributed by atoms with Gasteiger partial charge in [-0.05, 0) is 35.1 Å². The van der Waals surface area contributed by atoms with Crippen LogP contribution in [0.5, 0.6) is 0 Å². The van der Waals surface area contributed by atoms with E-state index in [2.05, 4.69) is 34.9 Å². The number of hydrogen-bond donors (Lipinski definition) is 3. The zero-order valence-electron chi connectivity index (χ0n) is 19.2. The predicted octanol–water partition coefficient (Wildman–Crippen LogP) is 3.30. The van der Waals surface area contributed by atoms with Gasteiger partial charge in [0.25, 0.3) is 0 Å². The summed E-state index contributed by atoms with van der Waals surface area (Å²) in [5.41, 5.74) is 4.59. The van der Waals surface area contributed by atoms with Crippen molar-refractivity contribution in [3.05, 3.63) is 59.7 Å². The van der Waals surface area contributed by atoms with Gasteiger partial charge < -0.3 is 25.2 Å². The highest BCUT2D eigenvalue weighted by Gasteiger charge is 2.36. The first-order valence-electron chi connectivity index (χ1n) is 11.7. The number of benzene rings is 2. The largest absolute Gasteiger partial charge is 0.480 e. The number of aliphatic carboxylic acids is 1. The summed E-state index contributed by atoms with van der Waals surface area (Å²) in [5, 5.41) is 14.6. The molecule has 3 N–H and O–H groups in total. The van der Waals surface area contributed by atoms with Crippen LogP contribution in [0.15, 0.2) is 48.5 Å². The van der Waals surface area contributed by atoms with Gasteiger partial charge in [0.05, 0.1) is 0 Å². The van der Waals surface area contributed by atoms with Gasteiger partial charge in [0.1, 0.15) is 18.8 Å². The second-order valence-electron chi connectivity index (χ2n) is 8.73. The highest BCUT2D eigenvalue weighted by Crippen LogP contribution is 2.44. The zero-order valence-corrected chi connectivity index (χ0v) is 19.2. The molecule has 2 amide bonds. The maximum Gasteiger partial charge on any atom is 0.407 e. The Hall–Kier alpha value is -3.39. The molecule has 0 spiro atoms. The lowest BCUT2D eigenvalue weighted by molar-refractivity contribution is -0.144. The van der Waals surface area contributed by atoms with Crippen LogP contribution in [0.3, 0.4) is 0 Å². The molecule has 2 aliphatic rings. The fraction of sp³-hybridized carbons (Fsp3) is 0.423. The number of carbonyl (C=O) groups excluding carboxylic acids is 2. The minimum Gasteiger partial charge on any atom is -0.480 e.